The number of rotatable bonds is 6. The average Bonchev–Trinajstić information content (AvgIpc) is 3.15. The first-order chi connectivity index (χ1) is 16.9. The summed E-state index contributed by atoms with van der Waals surface area (Å²) in [6.45, 7) is 3.58. The van der Waals surface area contributed by atoms with Crippen LogP contribution in [0.5, 0.6) is 0 Å². The van der Waals surface area contributed by atoms with E-state index >= 15 is 0 Å². The van der Waals surface area contributed by atoms with Crippen molar-refractivity contribution in [3.8, 4) is 0 Å². The SMILES string of the molecule is Cc1ccnc(SCc2nc3cc(NC(=O)Cn4nc(C)c5ccccc5c4=O)ccc3n2C)n1. The quantitative estimate of drug-likeness (QED) is 0.289. The second kappa shape index (κ2) is 9.30. The zero-order valence-electron chi connectivity index (χ0n) is 19.5. The van der Waals surface area contributed by atoms with Gasteiger partial charge in [-0.2, -0.15) is 5.10 Å². The molecule has 0 aliphatic carbocycles. The maximum Gasteiger partial charge on any atom is 0.275 e. The summed E-state index contributed by atoms with van der Waals surface area (Å²) >= 11 is 1.52. The molecular formula is C25H23N7O2S. The number of anilines is 1. The Morgan fingerprint density at radius 3 is 2.66 bits per heavy atom. The molecule has 9 nitrogen and oxygen atoms in total. The number of carbonyl (C=O) groups is 1. The van der Waals surface area contributed by atoms with E-state index in [0.717, 1.165) is 27.9 Å². The summed E-state index contributed by atoms with van der Waals surface area (Å²) in [7, 11) is 1.96. The zero-order valence-corrected chi connectivity index (χ0v) is 20.3. The summed E-state index contributed by atoms with van der Waals surface area (Å²) in [6.07, 6.45) is 1.75. The predicted octanol–water partition coefficient (Wildman–Crippen LogP) is 3.62. The van der Waals surface area contributed by atoms with Gasteiger partial charge in [-0.25, -0.2) is 19.6 Å². The molecule has 0 aliphatic rings. The Kier molecular flexibility index (Phi) is 6.04. The molecule has 35 heavy (non-hydrogen) atoms. The van der Waals surface area contributed by atoms with Gasteiger partial charge in [0.2, 0.25) is 5.91 Å². The van der Waals surface area contributed by atoms with Crippen LogP contribution in [0.15, 0.2) is 64.7 Å². The normalized spacial score (nSPS) is 11.3. The largest absolute Gasteiger partial charge is 0.330 e. The van der Waals surface area contributed by atoms with E-state index in [4.69, 9.17) is 4.98 Å². The number of amides is 1. The lowest BCUT2D eigenvalue weighted by Crippen LogP contribution is -2.30. The maximum absolute atomic E-state index is 12.8. The molecule has 0 unspecified atom stereocenters. The minimum absolute atomic E-state index is 0.177. The topological polar surface area (TPSA) is 108 Å². The average molecular weight is 486 g/mol. The molecule has 0 aliphatic heterocycles. The Morgan fingerprint density at radius 1 is 1.06 bits per heavy atom. The van der Waals surface area contributed by atoms with Crippen molar-refractivity contribution in [2.24, 2.45) is 7.05 Å². The number of benzene rings is 2. The molecule has 3 aromatic heterocycles. The molecule has 2 aromatic carbocycles. The molecule has 0 atom stereocenters. The third-order valence-corrected chi connectivity index (χ3v) is 6.56. The predicted molar refractivity (Wildman–Crippen MR) is 136 cm³/mol. The number of thioether (sulfide) groups is 1. The first-order valence-corrected chi connectivity index (χ1v) is 12.0. The fraction of sp³-hybridized carbons (Fsp3) is 0.200. The van der Waals surface area contributed by atoms with Gasteiger partial charge in [-0.05, 0) is 44.2 Å². The molecule has 0 saturated carbocycles. The molecular weight excluding hydrogens is 462 g/mol. The summed E-state index contributed by atoms with van der Waals surface area (Å²) in [5.74, 6) is 1.16. The molecule has 176 valence electrons. The molecule has 10 heteroatoms. The summed E-state index contributed by atoms with van der Waals surface area (Å²) in [6, 6.07) is 14.7. The first kappa shape index (κ1) is 22.7. The van der Waals surface area contributed by atoms with Crippen molar-refractivity contribution in [2.45, 2.75) is 31.3 Å². The van der Waals surface area contributed by atoms with E-state index in [1.807, 2.05) is 61.9 Å². The van der Waals surface area contributed by atoms with Gasteiger partial charge in [-0.15, -0.1) is 0 Å². The number of aryl methyl sites for hydroxylation is 3. The molecule has 0 radical (unpaired) electrons. The Morgan fingerprint density at radius 2 is 1.86 bits per heavy atom. The molecule has 1 N–H and O–H groups in total. The maximum atomic E-state index is 12.8. The van der Waals surface area contributed by atoms with Gasteiger partial charge >= 0.3 is 0 Å². The number of hydrogen-bond donors (Lipinski definition) is 1. The highest BCUT2D eigenvalue weighted by atomic mass is 32.2. The third-order valence-electron chi connectivity index (χ3n) is 5.71. The highest BCUT2D eigenvalue weighted by Gasteiger charge is 2.13. The molecule has 1 amide bonds. The summed E-state index contributed by atoms with van der Waals surface area (Å²) in [5.41, 5.74) is 3.65. The van der Waals surface area contributed by atoms with Crippen molar-refractivity contribution in [3.05, 3.63) is 82.3 Å². The third kappa shape index (κ3) is 4.65. The minimum Gasteiger partial charge on any atom is -0.330 e. The van der Waals surface area contributed by atoms with E-state index in [-0.39, 0.29) is 18.0 Å². The van der Waals surface area contributed by atoms with Crippen LogP contribution in [-0.2, 0) is 24.1 Å². The van der Waals surface area contributed by atoms with Crippen molar-refractivity contribution >= 4 is 45.2 Å². The molecule has 5 rings (SSSR count). The number of aromatic nitrogens is 6. The number of imidazole rings is 1. The summed E-state index contributed by atoms with van der Waals surface area (Å²) < 4.78 is 3.22. The van der Waals surface area contributed by atoms with E-state index < -0.39 is 0 Å². The smallest absolute Gasteiger partial charge is 0.275 e. The molecule has 0 spiro atoms. The van der Waals surface area contributed by atoms with Crippen molar-refractivity contribution in [2.75, 3.05) is 5.32 Å². The van der Waals surface area contributed by atoms with Gasteiger partial charge in [0.05, 0.1) is 27.9 Å². The minimum atomic E-state index is -0.336. The Bertz CT molecular complexity index is 1640. The number of nitrogens with one attached hydrogen (secondary N) is 1. The van der Waals surface area contributed by atoms with Crippen LogP contribution in [0.4, 0.5) is 5.69 Å². The van der Waals surface area contributed by atoms with E-state index in [1.165, 1.54) is 16.4 Å². The van der Waals surface area contributed by atoms with Crippen LogP contribution >= 0.6 is 11.8 Å². The number of fused-ring (bicyclic) bond motifs is 2. The van der Waals surface area contributed by atoms with Crippen LogP contribution in [-0.4, -0.2) is 35.2 Å². The van der Waals surface area contributed by atoms with E-state index in [9.17, 15) is 9.59 Å². The van der Waals surface area contributed by atoms with Gasteiger partial charge in [0.15, 0.2) is 5.16 Å². The van der Waals surface area contributed by atoms with Gasteiger partial charge in [0, 0.05) is 30.0 Å². The Hall–Kier alpha value is -4.05. The molecule has 0 saturated heterocycles. The van der Waals surface area contributed by atoms with Gasteiger partial charge in [0.1, 0.15) is 12.4 Å². The summed E-state index contributed by atoms with van der Waals surface area (Å²) in [5, 5.41) is 9.21. The molecule has 0 fully saturated rings. The lowest BCUT2D eigenvalue weighted by Gasteiger charge is -2.09. The van der Waals surface area contributed by atoms with Crippen LogP contribution in [0.1, 0.15) is 17.2 Å². The fourth-order valence-corrected chi connectivity index (χ4v) is 4.79. The van der Waals surface area contributed by atoms with Crippen LogP contribution in [0.3, 0.4) is 0 Å². The van der Waals surface area contributed by atoms with E-state index in [0.29, 0.717) is 27.7 Å². The summed E-state index contributed by atoms with van der Waals surface area (Å²) in [4.78, 5) is 38.9. The Labute approximate surface area is 205 Å². The van der Waals surface area contributed by atoms with Crippen molar-refractivity contribution < 1.29 is 4.79 Å². The van der Waals surface area contributed by atoms with Crippen LogP contribution in [0, 0.1) is 13.8 Å². The second-order valence-corrected chi connectivity index (χ2v) is 9.14. The molecule has 5 aromatic rings. The Balaban J connectivity index is 1.32. The van der Waals surface area contributed by atoms with Gasteiger partial charge in [-0.3, -0.25) is 9.59 Å². The standard InChI is InChI=1S/C25H23N7O2S/c1-15-10-11-26-25(27-15)35-14-22-29-20-12-17(8-9-21(20)31(22)3)28-23(33)13-32-24(34)19-7-5-4-6-18(19)16(2)30-32/h4-12H,13-14H2,1-3H3,(H,28,33). The highest BCUT2D eigenvalue weighted by Crippen LogP contribution is 2.24. The fourth-order valence-electron chi connectivity index (χ4n) is 3.93. The van der Waals surface area contributed by atoms with Crippen LogP contribution < -0.4 is 10.9 Å². The van der Waals surface area contributed by atoms with Crippen LogP contribution in [0.25, 0.3) is 21.8 Å². The lowest BCUT2D eigenvalue weighted by molar-refractivity contribution is -0.117. The highest BCUT2D eigenvalue weighted by molar-refractivity contribution is 7.98. The van der Waals surface area contributed by atoms with Gasteiger partial charge in [0.25, 0.3) is 5.56 Å². The number of hydrogen-bond acceptors (Lipinski definition) is 7. The van der Waals surface area contributed by atoms with Crippen molar-refractivity contribution in [1.82, 2.24) is 29.3 Å². The van der Waals surface area contributed by atoms with Crippen molar-refractivity contribution in [3.63, 3.8) is 0 Å². The zero-order chi connectivity index (χ0) is 24.5. The lowest BCUT2D eigenvalue weighted by atomic mass is 10.1. The first-order valence-electron chi connectivity index (χ1n) is 11.0. The number of carbonyl (C=O) groups excluding carboxylic acids is 1. The molecule has 0 bridgehead atoms. The van der Waals surface area contributed by atoms with E-state index in [1.54, 1.807) is 18.3 Å². The molecule has 3 heterocycles. The van der Waals surface area contributed by atoms with Gasteiger partial charge in [-0.1, -0.05) is 30.0 Å². The van der Waals surface area contributed by atoms with E-state index in [2.05, 4.69) is 20.4 Å². The second-order valence-electron chi connectivity index (χ2n) is 8.20. The number of nitrogens with zero attached hydrogens (tertiary/aromatic N) is 6. The van der Waals surface area contributed by atoms with Crippen molar-refractivity contribution in [1.29, 1.82) is 0 Å². The van der Waals surface area contributed by atoms with Crippen LogP contribution in [0.2, 0.25) is 0 Å². The van der Waals surface area contributed by atoms with Gasteiger partial charge < -0.3 is 9.88 Å². The monoisotopic (exact) mass is 485 g/mol.